The number of hydrogen-bond donors (Lipinski definition) is 1. The first-order valence-electron chi connectivity index (χ1n) is 11.4. The summed E-state index contributed by atoms with van der Waals surface area (Å²) in [5.74, 6) is 0.591. The second-order valence-electron chi connectivity index (χ2n) is 8.47. The van der Waals surface area contributed by atoms with Gasteiger partial charge >= 0.3 is 5.97 Å². The van der Waals surface area contributed by atoms with Crippen molar-refractivity contribution in [2.75, 3.05) is 38.5 Å². The van der Waals surface area contributed by atoms with Crippen molar-refractivity contribution in [2.45, 2.75) is 16.1 Å². The molecule has 0 spiro atoms. The number of benzene rings is 2. The Hall–Kier alpha value is -2.37. The molecule has 0 amide bonds. The van der Waals surface area contributed by atoms with Crippen LogP contribution in [-0.4, -0.2) is 67.2 Å². The van der Waals surface area contributed by atoms with Gasteiger partial charge in [-0.15, -0.1) is 23.1 Å². The van der Waals surface area contributed by atoms with Gasteiger partial charge in [0.2, 0.25) is 0 Å². The molecule has 2 aliphatic heterocycles. The molecule has 3 heterocycles. The van der Waals surface area contributed by atoms with Crippen LogP contribution in [0.25, 0.3) is 0 Å². The first kappa shape index (κ1) is 24.3. The summed E-state index contributed by atoms with van der Waals surface area (Å²) in [6.45, 7) is 3.62. The zero-order valence-corrected chi connectivity index (χ0v) is 21.4. The molecule has 3 aromatic rings. The molecule has 0 saturated carbocycles. The molecule has 5 rings (SSSR count). The van der Waals surface area contributed by atoms with Crippen molar-refractivity contribution < 1.29 is 23.1 Å². The lowest BCUT2D eigenvalue weighted by Crippen LogP contribution is -2.48. The van der Waals surface area contributed by atoms with Gasteiger partial charge in [-0.05, 0) is 40.8 Å². The minimum atomic E-state index is -3.40. The average molecular weight is 531 g/mol. The van der Waals surface area contributed by atoms with E-state index in [1.165, 1.54) is 11.3 Å². The van der Waals surface area contributed by atoms with Crippen molar-refractivity contribution in [1.82, 2.24) is 9.21 Å². The molecular weight excluding hydrogens is 504 g/mol. The van der Waals surface area contributed by atoms with Gasteiger partial charge in [-0.25, -0.2) is 13.2 Å². The number of rotatable bonds is 7. The molecular formula is C25H26N2O5S3. The summed E-state index contributed by atoms with van der Waals surface area (Å²) in [5.41, 5.74) is 3.38. The fourth-order valence-electron chi connectivity index (χ4n) is 4.47. The molecule has 1 unspecified atom stereocenters. The van der Waals surface area contributed by atoms with Crippen LogP contribution < -0.4 is 4.74 Å². The van der Waals surface area contributed by atoms with E-state index in [2.05, 4.69) is 17.0 Å². The predicted octanol–water partition coefficient (Wildman–Crippen LogP) is 4.17. The van der Waals surface area contributed by atoms with Gasteiger partial charge in [0.15, 0.2) is 0 Å². The third-order valence-electron chi connectivity index (χ3n) is 6.37. The summed E-state index contributed by atoms with van der Waals surface area (Å²) < 4.78 is 33.6. The topological polar surface area (TPSA) is 87.2 Å². The molecule has 0 radical (unpaired) electrons. The van der Waals surface area contributed by atoms with Crippen LogP contribution in [0.4, 0.5) is 0 Å². The normalized spacial score (nSPS) is 18.8. The standard InChI is InChI=1S/C25H26N2O5S3/c28-25(29)18-7-8-22-21(16-18)24(20-5-2-1-4-19(20)17-32-22)34-15-13-26-9-11-27(12-10-26)35(30,31)23-6-3-14-33-23/h1-8,14,16,24H,9-13,15,17H2,(H,28,29). The lowest BCUT2D eigenvalue weighted by Gasteiger charge is -2.33. The van der Waals surface area contributed by atoms with Crippen LogP contribution in [0, 0.1) is 0 Å². The Morgan fingerprint density at radius 3 is 2.60 bits per heavy atom. The van der Waals surface area contributed by atoms with E-state index in [0.29, 0.717) is 37.0 Å². The Kier molecular flexibility index (Phi) is 7.17. The van der Waals surface area contributed by atoms with Gasteiger partial charge in [0.25, 0.3) is 10.0 Å². The van der Waals surface area contributed by atoms with E-state index in [9.17, 15) is 18.3 Å². The highest BCUT2D eigenvalue weighted by molar-refractivity contribution is 7.99. The molecule has 1 saturated heterocycles. The summed E-state index contributed by atoms with van der Waals surface area (Å²) in [7, 11) is -3.40. The van der Waals surface area contributed by atoms with E-state index in [1.54, 1.807) is 51.8 Å². The van der Waals surface area contributed by atoms with Gasteiger partial charge in [-0.2, -0.15) is 4.31 Å². The summed E-state index contributed by atoms with van der Waals surface area (Å²) >= 11 is 3.02. The number of nitrogens with zero attached hydrogens (tertiary/aromatic N) is 2. The number of aromatic carboxylic acids is 1. The van der Waals surface area contributed by atoms with Crippen LogP contribution in [0.1, 0.15) is 32.3 Å². The van der Waals surface area contributed by atoms with Crippen molar-refractivity contribution in [3.05, 3.63) is 82.2 Å². The zero-order chi connectivity index (χ0) is 24.4. The summed E-state index contributed by atoms with van der Waals surface area (Å²) in [6.07, 6.45) is 0. The van der Waals surface area contributed by atoms with Crippen molar-refractivity contribution in [2.24, 2.45) is 0 Å². The molecule has 0 bridgehead atoms. The number of thioether (sulfide) groups is 1. The highest BCUT2D eigenvalue weighted by Crippen LogP contribution is 2.44. The van der Waals surface area contributed by atoms with E-state index in [1.807, 2.05) is 12.1 Å². The van der Waals surface area contributed by atoms with E-state index in [0.717, 1.165) is 34.7 Å². The molecule has 35 heavy (non-hydrogen) atoms. The van der Waals surface area contributed by atoms with Crippen LogP contribution in [0.15, 0.2) is 64.2 Å². The quantitative estimate of drug-likeness (QED) is 0.491. The SMILES string of the molecule is O=C(O)c1ccc2c(c1)C(SCCN1CCN(S(=O)(=O)c3cccs3)CC1)c1ccccc1CO2. The number of fused-ring (bicyclic) bond motifs is 2. The number of piperazine rings is 1. The number of thiophene rings is 1. The van der Waals surface area contributed by atoms with Crippen molar-refractivity contribution in [3.63, 3.8) is 0 Å². The minimum Gasteiger partial charge on any atom is -0.489 e. The number of sulfonamides is 1. The lowest BCUT2D eigenvalue weighted by molar-refractivity contribution is 0.0696. The van der Waals surface area contributed by atoms with E-state index >= 15 is 0 Å². The minimum absolute atomic E-state index is 0.0384. The molecule has 0 aliphatic carbocycles. The van der Waals surface area contributed by atoms with Crippen molar-refractivity contribution >= 4 is 39.1 Å². The molecule has 1 atom stereocenters. The summed E-state index contributed by atoms with van der Waals surface area (Å²) in [4.78, 5) is 13.9. The molecule has 2 aliphatic rings. The predicted molar refractivity (Wildman–Crippen MR) is 138 cm³/mol. The lowest BCUT2D eigenvalue weighted by atomic mass is 9.98. The van der Waals surface area contributed by atoms with Crippen LogP contribution in [0.5, 0.6) is 5.75 Å². The van der Waals surface area contributed by atoms with Crippen LogP contribution >= 0.6 is 23.1 Å². The van der Waals surface area contributed by atoms with Gasteiger partial charge in [-0.1, -0.05) is 30.3 Å². The maximum absolute atomic E-state index is 12.8. The Bertz CT molecular complexity index is 1300. The largest absolute Gasteiger partial charge is 0.489 e. The fraction of sp³-hybridized carbons (Fsp3) is 0.320. The number of carbonyl (C=O) groups is 1. The smallest absolute Gasteiger partial charge is 0.335 e. The number of ether oxygens (including phenoxy) is 1. The Labute approximate surface area is 213 Å². The number of carboxylic acids is 1. The maximum Gasteiger partial charge on any atom is 0.335 e. The molecule has 7 nitrogen and oxygen atoms in total. The zero-order valence-electron chi connectivity index (χ0n) is 19.0. The van der Waals surface area contributed by atoms with E-state index in [-0.39, 0.29) is 10.8 Å². The molecule has 1 aromatic heterocycles. The Balaban J connectivity index is 1.26. The second-order valence-corrected chi connectivity index (χ2v) is 12.8. The molecule has 1 fully saturated rings. The molecule has 10 heteroatoms. The first-order valence-corrected chi connectivity index (χ1v) is 14.8. The van der Waals surface area contributed by atoms with Gasteiger partial charge in [-0.3, -0.25) is 4.90 Å². The monoisotopic (exact) mass is 530 g/mol. The Morgan fingerprint density at radius 1 is 1.06 bits per heavy atom. The fourth-order valence-corrected chi connectivity index (χ4v) is 8.41. The average Bonchev–Trinajstić information content (AvgIpc) is 3.37. The highest BCUT2D eigenvalue weighted by atomic mass is 32.2. The van der Waals surface area contributed by atoms with Crippen molar-refractivity contribution in [1.29, 1.82) is 0 Å². The van der Waals surface area contributed by atoms with Crippen LogP contribution in [-0.2, 0) is 16.6 Å². The first-order chi connectivity index (χ1) is 16.9. The van der Waals surface area contributed by atoms with Crippen LogP contribution in [0.3, 0.4) is 0 Å². The van der Waals surface area contributed by atoms with Crippen molar-refractivity contribution in [3.8, 4) is 5.75 Å². The third-order valence-corrected chi connectivity index (χ3v) is 10.9. The van der Waals surface area contributed by atoms with Gasteiger partial charge in [0.1, 0.15) is 16.6 Å². The van der Waals surface area contributed by atoms with Gasteiger partial charge in [0.05, 0.1) is 10.8 Å². The summed E-state index contributed by atoms with van der Waals surface area (Å²) in [6, 6.07) is 16.6. The third kappa shape index (κ3) is 5.12. The molecule has 184 valence electrons. The number of hydrogen-bond acceptors (Lipinski definition) is 7. The second kappa shape index (κ2) is 10.3. The van der Waals surface area contributed by atoms with E-state index in [4.69, 9.17) is 4.74 Å². The number of carboxylic acid groups (broad SMARTS) is 1. The molecule has 1 N–H and O–H groups in total. The highest BCUT2D eigenvalue weighted by Gasteiger charge is 2.30. The van der Waals surface area contributed by atoms with E-state index < -0.39 is 16.0 Å². The Morgan fingerprint density at radius 2 is 1.86 bits per heavy atom. The summed E-state index contributed by atoms with van der Waals surface area (Å²) in [5, 5.41) is 11.3. The van der Waals surface area contributed by atoms with Crippen LogP contribution in [0.2, 0.25) is 0 Å². The molecule has 2 aromatic carbocycles. The van der Waals surface area contributed by atoms with Gasteiger partial charge < -0.3 is 9.84 Å². The maximum atomic E-state index is 12.8. The van der Waals surface area contributed by atoms with Gasteiger partial charge in [0, 0.05) is 44.0 Å².